The molecule has 4 rings (SSSR count). The molecule has 1 saturated heterocycles. The van der Waals surface area contributed by atoms with Crippen molar-refractivity contribution in [2.45, 2.75) is 38.6 Å². The summed E-state index contributed by atoms with van der Waals surface area (Å²) in [6.07, 6.45) is 0.549. The Labute approximate surface area is 233 Å². The summed E-state index contributed by atoms with van der Waals surface area (Å²) in [6, 6.07) is 7.11. The first-order valence-corrected chi connectivity index (χ1v) is 13.0. The van der Waals surface area contributed by atoms with Gasteiger partial charge in [0.1, 0.15) is 5.15 Å². The molecule has 40 heavy (non-hydrogen) atoms. The topological polar surface area (TPSA) is 119 Å². The molecule has 10 nitrogen and oxygen atoms in total. The molecule has 1 aliphatic heterocycles. The van der Waals surface area contributed by atoms with Crippen LogP contribution in [0.4, 0.5) is 19.1 Å². The Bertz CT molecular complexity index is 1430. The second-order valence-corrected chi connectivity index (χ2v) is 9.75. The number of anilines is 1. The summed E-state index contributed by atoms with van der Waals surface area (Å²) in [6.45, 7) is 3.37. The number of hydrogen-bond donors (Lipinski definition) is 2. The summed E-state index contributed by atoms with van der Waals surface area (Å²) >= 11 is 5.88. The number of nitrogens with two attached hydrogens (primary N) is 1. The smallest absolute Gasteiger partial charge is 0.388 e. The number of alkyl halides is 3. The third-order valence-electron chi connectivity index (χ3n) is 6.47. The van der Waals surface area contributed by atoms with Gasteiger partial charge in [-0.15, -0.1) is 13.2 Å². The van der Waals surface area contributed by atoms with Crippen LogP contribution in [-0.2, 0) is 4.79 Å². The number of hydrogen-bond acceptors (Lipinski definition) is 7. The first-order chi connectivity index (χ1) is 19.0. The zero-order valence-corrected chi connectivity index (χ0v) is 22.7. The van der Waals surface area contributed by atoms with E-state index in [1.165, 1.54) is 6.08 Å². The number of likely N-dealkylation sites (N-methyl/N-ethyl adjacent to an activating group) is 1. The van der Waals surface area contributed by atoms with Gasteiger partial charge in [-0.05, 0) is 50.9 Å². The molecular formula is C26H29ClF3N7O3. The van der Waals surface area contributed by atoms with Crippen molar-refractivity contribution in [3.05, 3.63) is 58.8 Å². The summed E-state index contributed by atoms with van der Waals surface area (Å²) in [5.74, 6) is 4.48. The Kier molecular flexibility index (Phi) is 8.96. The van der Waals surface area contributed by atoms with Crippen molar-refractivity contribution in [3.63, 3.8) is 0 Å². The number of nitrogens with one attached hydrogen (secondary N) is 1. The summed E-state index contributed by atoms with van der Waals surface area (Å²) in [5.41, 5.74) is 1.91. The molecular weight excluding hydrogens is 551 g/mol. The van der Waals surface area contributed by atoms with Crippen LogP contribution in [0.3, 0.4) is 0 Å². The van der Waals surface area contributed by atoms with Crippen LogP contribution >= 0.6 is 11.6 Å². The summed E-state index contributed by atoms with van der Waals surface area (Å²) in [5, 5.41) is 3.35. The fraction of sp³-hybridized carbons (Fsp3) is 0.385. The summed E-state index contributed by atoms with van der Waals surface area (Å²) in [7, 11) is 1.79. The highest BCUT2D eigenvalue weighted by atomic mass is 35.5. The van der Waals surface area contributed by atoms with Crippen molar-refractivity contribution in [1.29, 1.82) is 0 Å². The number of para-hydroxylation sites is 1. The molecule has 0 unspecified atom stereocenters. The fourth-order valence-corrected chi connectivity index (χ4v) is 4.94. The highest BCUT2D eigenvalue weighted by Gasteiger charge is 2.33. The van der Waals surface area contributed by atoms with Gasteiger partial charge in [-0.3, -0.25) is 9.59 Å². The molecule has 0 radical (unpaired) electrons. The molecule has 1 fully saturated rings. The van der Waals surface area contributed by atoms with E-state index in [-0.39, 0.29) is 28.6 Å². The van der Waals surface area contributed by atoms with Crippen molar-refractivity contribution < 1.29 is 27.5 Å². The SMILES string of the molecule is CNC/C=C/C(=O)N1CCCC[C@@H](n2c(N(N)C(=O)c3cc(Cl)nc(OC(F)(F)F)c3)nc3cccc(C)c32)C1. The molecule has 0 aliphatic carbocycles. The van der Waals surface area contributed by atoms with Crippen LogP contribution in [0.1, 0.15) is 41.2 Å². The first kappa shape index (κ1) is 29.3. The second kappa shape index (κ2) is 12.2. The van der Waals surface area contributed by atoms with Gasteiger partial charge in [-0.1, -0.05) is 29.8 Å². The minimum atomic E-state index is -5.03. The molecule has 0 saturated carbocycles. The number of carbonyl (C=O) groups is 2. The number of likely N-dealkylation sites (tertiary alicyclic amines) is 1. The fourth-order valence-electron chi connectivity index (χ4n) is 4.74. The lowest BCUT2D eigenvalue weighted by Crippen LogP contribution is -2.41. The number of benzene rings is 1. The van der Waals surface area contributed by atoms with Crippen molar-refractivity contribution in [3.8, 4) is 5.88 Å². The predicted molar refractivity (Wildman–Crippen MR) is 144 cm³/mol. The van der Waals surface area contributed by atoms with Gasteiger partial charge in [-0.25, -0.2) is 20.8 Å². The van der Waals surface area contributed by atoms with Gasteiger partial charge >= 0.3 is 6.36 Å². The zero-order chi connectivity index (χ0) is 29.0. The number of imidazole rings is 1. The molecule has 1 aliphatic rings. The molecule has 1 atom stereocenters. The molecule has 0 spiro atoms. The lowest BCUT2D eigenvalue weighted by Gasteiger charge is -2.28. The summed E-state index contributed by atoms with van der Waals surface area (Å²) in [4.78, 5) is 36.2. The molecule has 2 amide bonds. The molecule has 0 bridgehead atoms. The standard InChI is InChI=1S/C26H29ClF3N7O3/c1-16-7-5-9-19-23(16)36(18-8-3-4-12-35(15-18)22(38)10-6-11-32-2)25(33-19)37(31)24(39)17-13-20(27)34-21(14-17)40-26(28,29)30/h5-7,9-10,13-14,18,32H,3-4,8,11-12,15,31H2,1-2H3/b10-6+/t18-/m1/s1. The van der Waals surface area contributed by atoms with Crippen LogP contribution in [0.5, 0.6) is 5.88 Å². The van der Waals surface area contributed by atoms with E-state index in [1.807, 2.05) is 23.6 Å². The van der Waals surface area contributed by atoms with Gasteiger partial charge in [0, 0.05) is 37.3 Å². The van der Waals surface area contributed by atoms with Crippen LogP contribution in [0.15, 0.2) is 42.5 Å². The van der Waals surface area contributed by atoms with Crippen molar-refractivity contribution in [2.24, 2.45) is 5.84 Å². The Morgan fingerprint density at radius 3 is 2.77 bits per heavy atom. The molecule has 3 heterocycles. The molecule has 214 valence electrons. The van der Waals surface area contributed by atoms with E-state index in [1.54, 1.807) is 24.1 Å². The highest BCUT2D eigenvalue weighted by Crippen LogP contribution is 2.33. The second-order valence-electron chi connectivity index (χ2n) is 9.36. The largest absolute Gasteiger partial charge is 0.574 e. The minimum Gasteiger partial charge on any atom is -0.388 e. The number of aryl methyl sites for hydroxylation is 1. The van der Waals surface area contributed by atoms with E-state index >= 15 is 0 Å². The molecule has 1 aromatic carbocycles. The van der Waals surface area contributed by atoms with E-state index in [0.717, 1.165) is 41.1 Å². The van der Waals surface area contributed by atoms with Gasteiger partial charge in [0.25, 0.3) is 5.91 Å². The van der Waals surface area contributed by atoms with Gasteiger partial charge in [-0.2, -0.15) is 0 Å². The van der Waals surface area contributed by atoms with Crippen molar-refractivity contribution in [2.75, 3.05) is 31.7 Å². The number of amides is 2. The Balaban J connectivity index is 1.74. The monoisotopic (exact) mass is 579 g/mol. The maximum absolute atomic E-state index is 13.4. The van der Waals surface area contributed by atoms with Crippen LogP contribution in [-0.4, -0.2) is 64.3 Å². The number of pyridine rings is 1. The number of carbonyl (C=O) groups excluding carboxylic acids is 2. The average Bonchev–Trinajstić information content (AvgIpc) is 3.11. The molecule has 3 aromatic rings. The van der Waals surface area contributed by atoms with E-state index in [0.29, 0.717) is 31.6 Å². The Morgan fingerprint density at radius 1 is 1.27 bits per heavy atom. The minimum absolute atomic E-state index is 0.0746. The quantitative estimate of drug-likeness (QED) is 0.142. The number of fused-ring (bicyclic) bond motifs is 1. The maximum Gasteiger partial charge on any atom is 0.574 e. The molecule has 3 N–H and O–H groups in total. The lowest BCUT2D eigenvalue weighted by molar-refractivity contribution is -0.276. The average molecular weight is 580 g/mol. The lowest BCUT2D eigenvalue weighted by atomic mass is 10.1. The van der Waals surface area contributed by atoms with E-state index in [4.69, 9.17) is 17.4 Å². The van der Waals surface area contributed by atoms with E-state index in [9.17, 15) is 22.8 Å². The Morgan fingerprint density at radius 2 is 2.05 bits per heavy atom. The van der Waals surface area contributed by atoms with Crippen LogP contribution in [0, 0.1) is 6.92 Å². The van der Waals surface area contributed by atoms with E-state index in [2.05, 4.69) is 20.0 Å². The van der Waals surface area contributed by atoms with Crippen LogP contribution in [0.25, 0.3) is 11.0 Å². The van der Waals surface area contributed by atoms with Gasteiger partial charge in [0.15, 0.2) is 0 Å². The number of rotatable bonds is 7. The number of hydrazine groups is 1. The third kappa shape index (κ3) is 6.72. The van der Waals surface area contributed by atoms with Gasteiger partial charge in [0.2, 0.25) is 17.7 Å². The third-order valence-corrected chi connectivity index (χ3v) is 6.66. The Hall–Kier alpha value is -3.68. The van der Waals surface area contributed by atoms with Crippen molar-refractivity contribution >= 4 is 40.4 Å². The first-order valence-electron chi connectivity index (χ1n) is 12.6. The summed E-state index contributed by atoms with van der Waals surface area (Å²) < 4.78 is 44.0. The number of ether oxygens (including phenoxy) is 1. The highest BCUT2D eigenvalue weighted by molar-refractivity contribution is 6.30. The van der Waals surface area contributed by atoms with Crippen molar-refractivity contribution in [1.82, 2.24) is 24.8 Å². The maximum atomic E-state index is 13.4. The number of aromatic nitrogens is 3. The number of nitrogens with zero attached hydrogens (tertiary/aromatic N) is 5. The predicted octanol–water partition coefficient (Wildman–Crippen LogP) is 4.14. The molecule has 14 heteroatoms. The van der Waals surface area contributed by atoms with Crippen LogP contribution in [0.2, 0.25) is 5.15 Å². The number of halogens is 4. The zero-order valence-electron chi connectivity index (χ0n) is 21.9. The van der Waals surface area contributed by atoms with Gasteiger partial charge < -0.3 is 19.5 Å². The van der Waals surface area contributed by atoms with Crippen LogP contribution < -0.4 is 20.9 Å². The molecule has 2 aromatic heterocycles. The van der Waals surface area contributed by atoms with Gasteiger partial charge in [0.05, 0.1) is 17.1 Å². The normalized spacial score (nSPS) is 16.4. The van der Waals surface area contributed by atoms with E-state index < -0.39 is 18.1 Å².